The summed E-state index contributed by atoms with van der Waals surface area (Å²) in [4.78, 5) is 25.3. The molecule has 31 heavy (non-hydrogen) atoms. The molecule has 1 aliphatic heterocycles. The molecule has 2 bridgehead atoms. The molecule has 1 heterocycles. The summed E-state index contributed by atoms with van der Waals surface area (Å²) in [6.07, 6.45) is 2.26. The van der Waals surface area contributed by atoms with E-state index in [4.69, 9.17) is 14.2 Å². The first-order chi connectivity index (χ1) is 14.6. The number of alkyl halides is 1. The molecule has 0 aromatic heterocycles. The number of nitrogens with zero attached hydrogens (tertiary/aromatic N) is 1. The predicted octanol–water partition coefficient (Wildman–Crippen LogP) is 2.52. The Hall–Kier alpha value is -2.08. The molecular weight excluding hydrogens is 466 g/mol. The van der Waals surface area contributed by atoms with Crippen molar-refractivity contribution in [2.75, 3.05) is 33.9 Å². The third kappa shape index (κ3) is 4.32. The van der Waals surface area contributed by atoms with E-state index in [1.807, 2.05) is 7.05 Å². The fraction of sp³-hybridized carbons (Fsp3) is 0.565. The number of halogens is 1. The number of likely N-dealkylation sites (tertiary alicyclic amines) is 1. The van der Waals surface area contributed by atoms with Crippen LogP contribution in [-0.4, -0.2) is 65.7 Å². The number of ether oxygens (including phenoxy) is 3. The third-order valence-corrected chi connectivity index (χ3v) is 7.33. The number of carbonyl (C=O) groups is 2. The molecule has 1 saturated heterocycles. The van der Waals surface area contributed by atoms with Crippen molar-refractivity contribution in [3.8, 4) is 23.3 Å². The van der Waals surface area contributed by atoms with Crippen molar-refractivity contribution in [2.45, 2.75) is 43.0 Å². The Balaban J connectivity index is 2.12. The summed E-state index contributed by atoms with van der Waals surface area (Å²) < 4.78 is 15.4. The van der Waals surface area contributed by atoms with Gasteiger partial charge in [-0.2, -0.15) is 0 Å². The van der Waals surface area contributed by atoms with Crippen LogP contribution in [0.5, 0.6) is 11.5 Å². The second-order valence-electron chi connectivity index (χ2n) is 8.44. The van der Waals surface area contributed by atoms with Crippen molar-refractivity contribution in [3.63, 3.8) is 0 Å². The van der Waals surface area contributed by atoms with Crippen LogP contribution in [0.15, 0.2) is 18.2 Å². The van der Waals surface area contributed by atoms with Crippen molar-refractivity contribution >= 4 is 27.9 Å². The monoisotopic (exact) mass is 493 g/mol. The van der Waals surface area contributed by atoms with Crippen LogP contribution in [0, 0.1) is 17.3 Å². The number of rotatable bonds is 4. The van der Waals surface area contributed by atoms with E-state index < -0.39 is 27.3 Å². The first-order valence-electron chi connectivity index (χ1n) is 10.2. The zero-order valence-corrected chi connectivity index (χ0v) is 19.9. The molecule has 8 heteroatoms. The molecule has 168 valence electrons. The van der Waals surface area contributed by atoms with Gasteiger partial charge in [-0.3, -0.25) is 9.59 Å². The number of methoxy groups -OCH3 is 1. The summed E-state index contributed by atoms with van der Waals surface area (Å²) in [7, 11) is 3.47. The molecular formula is C23H28BrNO6. The molecule has 0 radical (unpaired) electrons. The molecule has 2 aliphatic rings. The maximum Gasteiger partial charge on any atom is 0.308 e. The number of hydrogen-bond acceptors (Lipinski definition) is 7. The van der Waals surface area contributed by atoms with Gasteiger partial charge in [-0.05, 0) is 32.0 Å². The molecule has 1 aromatic rings. The smallest absolute Gasteiger partial charge is 0.308 e. The van der Waals surface area contributed by atoms with Gasteiger partial charge in [0.05, 0.1) is 22.4 Å². The van der Waals surface area contributed by atoms with Crippen LogP contribution in [0.25, 0.3) is 0 Å². The summed E-state index contributed by atoms with van der Waals surface area (Å²) in [5.41, 5.74) is -1.81. The van der Waals surface area contributed by atoms with E-state index in [0.717, 1.165) is 12.8 Å². The number of hydrogen-bond donors (Lipinski definition) is 1. The lowest BCUT2D eigenvalue weighted by Crippen LogP contribution is -2.74. The van der Waals surface area contributed by atoms with E-state index in [2.05, 4.69) is 32.7 Å². The van der Waals surface area contributed by atoms with Gasteiger partial charge in [0.2, 0.25) is 0 Å². The van der Waals surface area contributed by atoms with E-state index in [0.29, 0.717) is 30.8 Å². The highest BCUT2D eigenvalue weighted by Gasteiger charge is 2.66. The van der Waals surface area contributed by atoms with Crippen molar-refractivity contribution in [1.82, 2.24) is 4.90 Å². The largest absolute Gasteiger partial charge is 0.493 e. The van der Waals surface area contributed by atoms with E-state index in [-0.39, 0.29) is 12.4 Å². The third-order valence-electron chi connectivity index (χ3n) is 6.11. The van der Waals surface area contributed by atoms with E-state index in [1.165, 1.54) is 21.0 Å². The number of benzene rings is 1. The molecule has 1 saturated carbocycles. The molecule has 0 spiro atoms. The van der Waals surface area contributed by atoms with Gasteiger partial charge in [0.1, 0.15) is 6.61 Å². The first-order valence-corrected chi connectivity index (χ1v) is 11.0. The summed E-state index contributed by atoms with van der Waals surface area (Å²) in [5, 5.41) is 12.1. The van der Waals surface area contributed by atoms with Crippen LogP contribution < -0.4 is 9.47 Å². The van der Waals surface area contributed by atoms with Gasteiger partial charge in [0.15, 0.2) is 17.1 Å². The Morgan fingerprint density at radius 2 is 1.97 bits per heavy atom. The molecule has 3 rings (SSSR count). The maximum absolute atomic E-state index is 12.1. The SMILES string of the molecule is COc1cccc(C#C[C@@]2(O)[C@]3(Br)CCC[C@@]2(COC(C)=O)CN(C)C3)c1OC(C)=O. The van der Waals surface area contributed by atoms with Gasteiger partial charge in [-0.25, -0.2) is 0 Å². The average molecular weight is 494 g/mol. The minimum Gasteiger partial charge on any atom is -0.493 e. The highest BCUT2D eigenvalue weighted by Crippen LogP contribution is 2.57. The van der Waals surface area contributed by atoms with Crippen LogP contribution in [0.2, 0.25) is 0 Å². The van der Waals surface area contributed by atoms with Crippen LogP contribution in [-0.2, 0) is 14.3 Å². The molecule has 3 atom stereocenters. The molecule has 1 aromatic carbocycles. The van der Waals surface area contributed by atoms with E-state index in [9.17, 15) is 14.7 Å². The molecule has 1 aliphatic carbocycles. The lowest BCUT2D eigenvalue weighted by Gasteiger charge is -2.61. The van der Waals surface area contributed by atoms with Crippen molar-refractivity contribution < 1.29 is 28.9 Å². The van der Waals surface area contributed by atoms with Gasteiger partial charge in [0, 0.05) is 26.9 Å². The zero-order valence-electron chi connectivity index (χ0n) is 18.3. The molecule has 0 unspecified atom stereocenters. The van der Waals surface area contributed by atoms with Gasteiger partial charge in [0.25, 0.3) is 0 Å². The number of carbonyl (C=O) groups excluding carboxylic acids is 2. The molecule has 7 nitrogen and oxygen atoms in total. The lowest BCUT2D eigenvalue weighted by molar-refractivity contribution is -0.176. The summed E-state index contributed by atoms with van der Waals surface area (Å²) >= 11 is 3.81. The second kappa shape index (κ2) is 8.81. The Morgan fingerprint density at radius 1 is 1.23 bits per heavy atom. The van der Waals surface area contributed by atoms with Gasteiger partial charge < -0.3 is 24.2 Å². The van der Waals surface area contributed by atoms with Gasteiger partial charge >= 0.3 is 11.9 Å². The van der Waals surface area contributed by atoms with Crippen molar-refractivity contribution in [1.29, 1.82) is 0 Å². The molecule has 2 fully saturated rings. The average Bonchev–Trinajstić information content (AvgIpc) is 2.67. The Morgan fingerprint density at radius 3 is 2.61 bits per heavy atom. The topological polar surface area (TPSA) is 85.3 Å². The van der Waals surface area contributed by atoms with Gasteiger partial charge in [-0.15, -0.1) is 0 Å². The fourth-order valence-electron chi connectivity index (χ4n) is 4.82. The lowest BCUT2D eigenvalue weighted by atomic mass is 9.56. The minimum atomic E-state index is -1.48. The minimum absolute atomic E-state index is 0.0696. The first kappa shape index (κ1) is 23.6. The number of esters is 2. The number of aliphatic hydroxyl groups is 1. The van der Waals surface area contributed by atoms with Crippen molar-refractivity contribution in [3.05, 3.63) is 23.8 Å². The Bertz CT molecular complexity index is 940. The van der Waals surface area contributed by atoms with E-state index >= 15 is 0 Å². The fourth-order valence-corrected chi connectivity index (χ4v) is 6.05. The number of piperidine rings is 1. The summed E-state index contributed by atoms with van der Waals surface area (Å²) in [6, 6.07) is 5.13. The molecule has 0 amide bonds. The Labute approximate surface area is 191 Å². The van der Waals surface area contributed by atoms with Crippen LogP contribution in [0.3, 0.4) is 0 Å². The highest BCUT2D eigenvalue weighted by molar-refractivity contribution is 9.10. The summed E-state index contributed by atoms with van der Waals surface area (Å²) in [5.74, 6) is 5.84. The molecule has 1 N–H and O–H groups in total. The summed E-state index contributed by atoms with van der Waals surface area (Å²) in [6.45, 7) is 3.86. The van der Waals surface area contributed by atoms with Crippen molar-refractivity contribution in [2.24, 2.45) is 5.41 Å². The predicted molar refractivity (Wildman–Crippen MR) is 118 cm³/mol. The second-order valence-corrected chi connectivity index (χ2v) is 9.96. The van der Waals surface area contributed by atoms with Crippen LogP contribution >= 0.6 is 15.9 Å². The van der Waals surface area contributed by atoms with Gasteiger partial charge in [-0.1, -0.05) is 40.3 Å². The quantitative estimate of drug-likeness (QED) is 0.298. The zero-order chi connectivity index (χ0) is 22.9. The normalized spacial score (nSPS) is 30.0. The maximum atomic E-state index is 12.1. The van der Waals surface area contributed by atoms with Crippen LogP contribution in [0.4, 0.5) is 0 Å². The number of para-hydroxylation sites is 1. The number of fused-ring (bicyclic) bond motifs is 2. The van der Waals surface area contributed by atoms with Crippen LogP contribution in [0.1, 0.15) is 38.7 Å². The highest BCUT2D eigenvalue weighted by atomic mass is 79.9. The Kier molecular flexibility index (Phi) is 6.70. The van der Waals surface area contributed by atoms with E-state index in [1.54, 1.807) is 18.2 Å². The standard InChI is InChI=1S/C23H28BrNO6/c1-16(26)30-15-21-10-6-11-22(24,14-25(3)13-21)23(21,28)12-9-18-7-5-8-19(29-4)20(18)31-17(2)27/h5,7-8,28H,6,10-11,13-15H2,1-4H3/t21-,22-,23-/m0/s1.